The summed E-state index contributed by atoms with van der Waals surface area (Å²) in [5.41, 5.74) is 3.50. The lowest BCUT2D eigenvalue weighted by Crippen LogP contribution is -1.91. The average Bonchev–Trinajstić information content (AvgIpc) is 2.93. The van der Waals surface area contributed by atoms with Crippen LogP contribution in [0.2, 0.25) is 0 Å². The quantitative estimate of drug-likeness (QED) is 0.744. The third-order valence-corrected chi connectivity index (χ3v) is 3.01. The molecule has 0 bridgehead atoms. The number of benzene rings is 1. The van der Waals surface area contributed by atoms with Crippen molar-refractivity contribution in [2.45, 2.75) is 6.42 Å². The molecule has 2 aromatic rings. The molecule has 1 aliphatic heterocycles. The van der Waals surface area contributed by atoms with Gasteiger partial charge < -0.3 is 9.30 Å². The zero-order valence-corrected chi connectivity index (χ0v) is 9.47. The highest BCUT2D eigenvalue weighted by Gasteiger charge is 2.16. The Labute approximate surface area is 99.1 Å². The second kappa shape index (κ2) is 3.63. The van der Waals surface area contributed by atoms with Gasteiger partial charge in [-0.25, -0.2) is 4.98 Å². The SMILES string of the molecule is Cn1cnc(-c2ccc3c(c2)CCO3)c1C#N. The molecule has 0 spiro atoms. The van der Waals surface area contributed by atoms with Crippen LogP contribution in [0.5, 0.6) is 5.75 Å². The molecule has 1 aromatic heterocycles. The van der Waals surface area contributed by atoms with E-state index >= 15 is 0 Å². The fourth-order valence-electron chi connectivity index (χ4n) is 2.11. The zero-order valence-electron chi connectivity index (χ0n) is 9.47. The molecule has 0 saturated carbocycles. The topological polar surface area (TPSA) is 50.8 Å². The predicted octanol–water partition coefficient (Wildman–Crippen LogP) is 1.89. The first-order chi connectivity index (χ1) is 8.29. The van der Waals surface area contributed by atoms with Gasteiger partial charge in [-0.3, -0.25) is 0 Å². The molecule has 0 atom stereocenters. The third-order valence-electron chi connectivity index (χ3n) is 3.01. The molecule has 0 unspecified atom stereocenters. The van der Waals surface area contributed by atoms with E-state index in [1.165, 1.54) is 5.56 Å². The van der Waals surface area contributed by atoms with Gasteiger partial charge in [0.05, 0.1) is 12.9 Å². The standard InChI is InChI=1S/C13H11N3O/c1-16-8-15-13(11(16)7-14)10-2-3-12-9(6-10)4-5-17-12/h2-3,6,8H,4-5H2,1H3. The first kappa shape index (κ1) is 9.91. The number of nitriles is 1. The summed E-state index contributed by atoms with van der Waals surface area (Å²) in [4.78, 5) is 4.28. The first-order valence-corrected chi connectivity index (χ1v) is 5.47. The summed E-state index contributed by atoms with van der Waals surface area (Å²) in [5, 5.41) is 9.11. The van der Waals surface area contributed by atoms with Crippen LogP contribution in [0.3, 0.4) is 0 Å². The fourth-order valence-corrected chi connectivity index (χ4v) is 2.11. The van der Waals surface area contributed by atoms with Gasteiger partial charge >= 0.3 is 0 Å². The Morgan fingerprint density at radius 2 is 2.35 bits per heavy atom. The van der Waals surface area contributed by atoms with Crippen molar-refractivity contribution in [3.63, 3.8) is 0 Å². The van der Waals surface area contributed by atoms with Gasteiger partial charge in [-0.05, 0) is 23.8 Å². The van der Waals surface area contributed by atoms with E-state index in [0.717, 1.165) is 30.0 Å². The van der Waals surface area contributed by atoms with Crippen molar-refractivity contribution in [1.29, 1.82) is 5.26 Å². The Morgan fingerprint density at radius 1 is 1.47 bits per heavy atom. The van der Waals surface area contributed by atoms with Crippen molar-refractivity contribution in [2.24, 2.45) is 7.05 Å². The van der Waals surface area contributed by atoms with Crippen LogP contribution in [0.1, 0.15) is 11.3 Å². The van der Waals surface area contributed by atoms with Crippen LogP contribution in [0.4, 0.5) is 0 Å². The number of nitrogens with zero attached hydrogens (tertiary/aromatic N) is 3. The van der Waals surface area contributed by atoms with E-state index in [0.29, 0.717) is 5.69 Å². The minimum atomic E-state index is 0.587. The Balaban J connectivity index is 2.13. The van der Waals surface area contributed by atoms with Crippen molar-refractivity contribution < 1.29 is 4.74 Å². The minimum absolute atomic E-state index is 0.587. The van der Waals surface area contributed by atoms with E-state index in [2.05, 4.69) is 17.1 Å². The minimum Gasteiger partial charge on any atom is -0.493 e. The Kier molecular flexibility index (Phi) is 2.12. The monoisotopic (exact) mass is 225 g/mol. The fraction of sp³-hybridized carbons (Fsp3) is 0.231. The number of aromatic nitrogens is 2. The Hall–Kier alpha value is -2.28. The molecule has 0 radical (unpaired) electrons. The molecule has 1 aromatic carbocycles. The van der Waals surface area contributed by atoms with Crippen molar-refractivity contribution in [2.75, 3.05) is 6.61 Å². The van der Waals surface area contributed by atoms with Gasteiger partial charge in [0.15, 0.2) is 0 Å². The molecule has 0 saturated heterocycles. The smallest absolute Gasteiger partial charge is 0.147 e. The highest BCUT2D eigenvalue weighted by molar-refractivity contribution is 5.67. The maximum absolute atomic E-state index is 9.11. The second-order valence-electron chi connectivity index (χ2n) is 4.09. The van der Waals surface area contributed by atoms with Gasteiger partial charge in [-0.1, -0.05) is 0 Å². The number of rotatable bonds is 1. The normalized spacial score (nSPS) is 12.9. The van der Waals surface area contributed by atoms with Crippen molar-refractivity contribution in [3.05, 3.63) is 35.8 Å². The second-order valence-corrected chi connectivity index (χ2v) is 4.09. The largest absolute Gasteiger partial charge is 0.493 e. The van der Waals surface area contributed by atoms with Crippen molar-refractivity contribution >= 4 is 0 Å². The number of hydrogen-bond donors (Lipinski definition) is 0. The number of hydrogen-bond acceptors (Lipinski definition) is 3. The summed E-state index contributed by atoms with van der Waals surface area (Å²) in [6.45, 7) is 0.742. The highest BCUT2D eigenvalue weighted by atomic mass is 16.5. The zero-order chi connectivity index (χ0) is 11.8. The number of imidazole rings is 1. The predicted molar refractivity (Wildman–Crippen MR) is 62.6 cm³/mol. The number of ether oxygens (including phenoxy) is 1. The molecule has 0 fully saturated rings. The van der Waals surface area contributed by atoms with E-state index in [-0.39, 0.29) is 0 Å². The molecule has 4 nitrogen and oxygen atoms in total. The van der Waals surface area contributed by atoms with E-state index in [4.69, 9.17) is 10.00 Å². The maximum atomic E-state index is 9.11. The van der Waals surface area contributed by atoms with Crippen LogP contribution in [-0.4, -0.2) is 16.2 Å². The van der Waals surface area contributed by atoms with Gasteiger partial charge in [0, 0.05) is 19.0 Å². The molecule has 0 N–H and O–H groups in total. The molecule has 1 aliphatic rings. The van der Waals surface area contributed by atoms with Crippen LogP contribution in [0, 0.1) is 11.3 Å². The van der Waals surface area contributed by atoms with Crippen molar-refractivity contribution in [1.82, 2.24) is 9.55 Å². The summed E-state index contributed by atoms with van der Waals surface area (Å²) in [7, 11) is 1.82. The Morgan fingerprint density at radius 3 is 3.18 bits per heavy atom. The van der Waals surface area contributed by atoms with E-state index in [1.54, 1.807) is 10.9 Å². The molecular formula is C13H11N3O. The summed E-state index contributed by atoms with van der Waals surface area (Å²) >= 11 is 0. The summed E-state index contributed by atoms with van der Waals surface area (Å²) in [6, 6.07) is 8.14. The molecule has 84 valence electrons. The van der Waals surface area contributed by atoms with Gasteiger partial charge in [-0.2, -0.15) is 5.26 Å². The number of aryl methyl sites for hydroxylation is 1. The van der Waals surface area contributed by atoms with Crippen LogP contribution < -0.4 is 4.74 Å². The number of fused-ring (bicyclic) bond motifs is 1. The summed E-state index contributed by atoms with van der Waals surface area (Å²) in [6.07, 6.45) is 2.59. The van der Waals surface area contributed by atoms with Gasteiger partial charge in [-0.15, -0.1) is 0 Å². The average molecular weight is 225 g/mol. The molecule has 0 amide bonds. The van der Waals surface area contributed by atoms with Crippen LogP contribution in [0.25, 0.3) is 11.3 Å². The maximum Gasteiger partial charge on any atom is 0.147 e. The van der Waals surface area contributed by atoms with Crippen molar-refractivity contribution in [3.8, 4) is 23.1 Å². The van der Waals surface area contributed by atoms with Crippen LogP contribution in [-0.2, 0) is 13.5 Å². The Bertz CT molecular complexity index is 622. The molecule has 3 rings (SSSR count). The third kappa shape index (κ3) is 1.48. The summed E-state index contributed by atoms with van der Waals surface area (Å²) in [5.74, 6) is 0.947. The molecular weight excluding hydrogens is 214 g/mol. The first-order valence-electron chi connectivity index (χ1n) is 5.47. The lowest BCUT2D eigenvalue weighted by molar-refractivity contribution is 0.357. The molecule has 2 heterocycles. The van der Waals surface area contributed by atoms with E-state index in [1.807, 2.05) is 19.2 Å². The lowest BCUT2D eigenvalue weighted by Gasteiger charge is -2.02. The van der Waals surface area contributed by atoms with Crippen LogP contribution in [0.15, 0.2) is 24.5 Å². The molecule has 4 heteroatoms. The van der Waals surface area contributed by atoms with E-state index < -0.39 is 0 Å². The summed E-state index contributed by atoms with van der Waals surface area (Å²) < 4.78 is 7.20. The molecule has 0 aliphatic carbocycles. The lowest BCUT2D eigenvalue weighted by atomic mass is 10.1. The van der Waals surface area contributed by atoms with Gasteiger partial charge in [0.1, 0.15) is 23.2 Å². The van der Waals surface area contributed by atoms with Gasteiger partial charge in [0.25, 0.3) is 0 Å². The van der Waals surface area contributed by atoms with Crippen LogP contribution >= 0.6 is 0 Å². The highest BCUT2D eigenvalue weighted by Crippen LogP contribution is 2.30. The van der Waals surface area contributed by atoms with E-state index in [9.17, 15) is 0 Å². The molecule has 17 heavy (non-hydrogen) atoms. The van der Waals surface area contributed by atoms with Gasteiger partial charge in [0.2, 0.25) is 0 Å².